The maximum atomic E-state index is 5.64. The molecular formula is C6H12N2OS. The summed E-state index contributed by atoms with van der Waals surface area (Å²) in [6, 6.07) is 0. The van der Waals surface area contributed by atoms with E-state index in [1.807, 2.05) is 4.31 Å². The van der Waals surface area contributed by atoms with Crippen LogP contribution in [0.5, 0.6) is 0 Å². The number of nitrogens with zero attached hydrogens (tertiary/aromatic N) is 1. The lowest BCUT2D eigenvalue weighted by Gasteiger charge is -2.39. The zero-order valence-electron chi connectivity index (χ0n) is 5.79. The quantitative estimate of drug-likeness (QED) is 0.467. The Bertz CT molecular complexity index is 117. The molecule has 3 nitrogen and oxygen atoms in total. The largest absolute Gasteiger partial charge is 0.370 e. The van der Waals surface area contributed by atoms with Gasteiger partial charge in [-0.3, -0.25) is 0 Å². The third-order valence-corrected chi connectivity index (χ3v) is 2.28. The number of fused-ring (bicyclic) bond motifs is 2. The van der Waals surface area contributed by atoms with Gasteiger partial charge in [-0.15, -0.1) is 0 Å². The van der Waals surface area contributed by atoms with Crippen molar-refractivity contribution in [3.63, 3.8) is 0 Å². The van der Waals surface area contributed by atoms with Crippen LogP contribution in [0.4, 0.5) is 0 Å². The second-order valence-electron chi connectivity index (χ2n) is 2.91. The van der Waals surface area contributed by atoms with E-state index in [2.05, 4.69) is 18.1 Å². The summed E-state index contributed by atoms with van der Waals surface area (Å²) >= 11 is 4.29. The zero-order valence-corrected chi connectivity index (χ0v) is 6.68. The average Bonchev–Trinajstić information content (AvgIpc) is 1.85. The Morgan fingerprint density at radius 1 is 1.30 bits per heavy atom. The van der Waals surface area contributed by atoms with Crippen LogP contribution in [-0.4, -0.2) is 42.7 Å². The first-order chi connectivity index (χ1) is 4.84. The monoisotopic (exact) mass is 160 g/mol. The summed E-state index contributed by atoms with van der Waals surface area (Å²) in [5.74, 6) is 0. The fraction of sp³-hybridized carbons (Fsp3) is 1.00. The molecule has 2 aliphatic heterocycles. The van der Waals surface area contributed by atoms with Gasteiger partial charge in [0.1, 0.15) is 0 Å². The molecule has 0 amide bonds. The molecule has 0 aromatic heterocycles. The van der Waals surface area contributed by atoms with Crippen LogP contribution < -0.4 is 5.32 Å². The molecule has 4 heteroatoms. The highest BCUT2D eigenvalue weighted by Gasteiger charge is 2.29. The van der Waals surface area contributed by atoms with Crippen molar-refractivity contribution in [2.75, 3.05) is 26.2 Å². The third kappa shape index (κ3) is 1.29. The van der Waals surface area contributed by atoms with Gasteiger partial charge in [-0.1, -0.05) is 12.8 Å². The van der Waals surface area contributed by atoms with Crippen LogP contribution in [0, 0.1) is 0 Å². The number of morpholine rings is 2. The van der Waals surface area contributed by atoms with E-state index in [0.29, 0.717) is 12.2 Å². The number of rotatable bonds is 0. The van der Waals surface area contributed by atoms with Gasteiger partial charge < -0.3 is 10.1 Å². The lowest BCUT2D eigenvalue weighted by molar-refractivity contribution is -0.0797. The Hall–Kier alpha value is 0.230. The molecule has 0 aromatic carbocycles. The molecule has 0 aromatic rings. The number of nitrogens with one attached hydrogen (secondary N) is 1. The average molecular weight is 160 g/mol. The van der Waals surface area contributed by atoms with Crippen molar-refractivity contribution in [2.45, 2.75) is 12.2 Å². The Morgan fingerprint density at radius 2 is 1.90 bits per heavy atom. The summed E-state index contributed by atoms with van der Waals surface area (Å²) in [5.41, 5.74) is 0. The highest BCUT2D eigenvalue weighted by Crippen LogP contribution is 2.14. The summed E-state index contributed by atoms with van der Waals surface area (Å²) in [6.45, 7) is 3.86. The SMILES string of the molecule is SN1CC2CNCC(C1)O2. The van der Waals surface area contributed by atoms with Gasteiger partial charge in [0, 0.05) is 26.2 Å². The van der Waals surface area contributed by atoms with E-state index in [1.54, 1.807) is 0 Å². The standard InChI is InChI=1S/C6H12N2OS/c10-8-3-5-1-7-2-6(4-8)9-5/h5-7,10H,1-4H2. The van der Waals surface area contributed by atoms with Gasteiger partial charge in [-0.2, -0.15) is 0 Å². The molecule has 2 rings (SSSR count). The van der Waals surface area contributed by atoms with Gasteiger partial charge >= 0.3 is 0 Å². The van der Waals surface area contributed by atoms with E-state index >= 15 is 0 Å². The molecule has 0 saturated carbocycles. The van der Waals surface area contributed by atoms with Gasteiger partial charge in [-0.25, -0.2) is 4.31 Å². The molecule has 10 heavy (non-hydrogen) atoms. The van der Waals surface area contributed by atoms with Crippen molar-refractivity contribution in [1.29, 1.82) is 0 Å². The smallest absolute Gasteiger partial charge is 0.0840 e. The first-order valence-electron chi connectivity index (χ1n) is 3.64. The molecular weight excluding hydrogens is 148 g/mol. The number of thiol groups is 1. The topological polar surface area (TPSA) is 24.5 Å². The van der Waals surface area contributed by atoms with Crippen LogP contribution in [0.25, 0.3) is 0 Å². The second-order valence-corrected chi connectivity index (χ2v) is 3.48. The third-order valence-electron chi connectivity index (χ3n) is 1.96. The first-order valence-corrected chi connectivity index (χ1v) is 4.04. The van der Waals surface area contributed by atoms with Crippen LogP contribution in [0.2, 0.25) is 0 Å². The summed E-state index contributed by atoms with van der Waals surface area (Å²) in [4.78, 5) is 0. The van der Waals surface area contributed by atoms with Gasteiger partial charge in [0.15, 0.2) is 0 Å². The predicted octanol–water partition coefficient (Wildman–Crippen LogP) is -0.496. The van der Waals surface area contributed by atoms with Crippen LogP contribution in [0.15, 0.2) is 0 Å². The maximum Gasteiger partial charge on any atom is 0.0840 e. The fourth-order valence-corrected chi connectivity index (χ4v) is 1.90. The first kappa shape index (κ1) is 6.91. The van der Waals surface area contributed by atoms with Crippen molar-refractivity contribution in [3.8, 4) is 0 Å². The minimum atomic E-state index is 0.366. The minimum Gasteiger partial charge on any atom is -0.370 e. The van der Waals surface area contributed by atoms with E-state index in [0.717, 1.165) is 26.2 Å². The zero-order chi connectivity index (χ0) is 6.97. The summed E-state index contributed by atoms with van der Waals surface area (Å²) in [5, 5.41) is 3.32. The molecule has 0 spiro atoms. The summed E-state index contributed by atoms with van der Waals surface area (Å²) < 4.78 is 7.68. The molecule has 58 valence electrons. The molecule has 2 unspecified atom stereocenters. The molecule has 1 N–H and O–H groups in total. The molecule has 2 bridgehead atoms. The van der Waals surface area contributed by atoms with Crippen molar-refractivity contribution < 1.29 is 4.74 Å². The normalized spacial score (nSPS) is 41.7. The van der Waals surface area contributed by atoms with Gasteiger partial charge in [-0.05, 0) is 0 Å². The van der Waals surface area contributed by atoms with Crippen LogP contribution >= 0.6 is 12.8 Å². The van der Waals surface area contributed by atoms with Crippen LogP contribution in [-0.2, 0) is 4.74 Å². The van der Waals surface area contributed by atoms with Gasteiger partial charge in [0.2, 0.25) is 0 Å². The molecule has 2 atom stereocenters. The van der Waals surface area contributed by atoms with Crippen molar-refractivity contribution in [1.82, 2.24) is 9.62 Å². The molecule has 2 aliphatic rings. The maximum absolute atomic E-state index is 5.64. The van der Waals surface area contributed by atoms with E-state index in [4.69, 9.17) is 4.74 Å². The van der Waals surface area contributed by atoms with E-state index in [1.165, 1.54) is 0 Å². The Balaban J connectivity index is 1.98. The Morgan fingerprint density at radius 3 is 2.50 bits per heavy atom. The minimum absolute atomic E-state index is 0.366. The number of hydrogen-bond acceptors (Lipinski definition) is 4. The second kappa shape index (κ2) is 2.70. The molecule has 2 fully saturated rings. The lowest BCUT2D eigenvalue weighted by atomic mass is 10.2. The summed E-state index contributed by atoms with van der Waals surface area (Å²) in [6.07, 6.45) is 0.731. The van der Waals surface area contributed by atoms with E-state index in [-0.39, 0.29) is 0 Å². The van der Waals surface area contributed by atoms with Gasteiger partial charge in [0.05, 0.1) is 12.2 Å². The fourth-order valence-electron chi connectivity index (χ4n) is 1.53. The molecule has 2 heterocycles. The number of ether oxygens (including phenoxy) is 1. The van der Waals surface area contributed by atoms with Crippen LogP contribution in [0.3, 0.4) is 0 Å². The molecule has 0 radical (unpaired) electrons. The lowest BCUT2D eigenvalue weighted by Crippen LogP contribution is -2.56. The highest BCUT2D eigenvalue weighted by molar-refractivity contribution is 7.77. The van der Waals surface area contributed by atoms with Crippen molar-refractivity contribution >= 4 is 12.8 Å². The Labute approximate surface area is 66.3 Å². The van der Waals surface area contributed by atoms with Crippen molar-refractivity contribution in [2.24, 2.45) is 0 Å². The van der Waals surface area contributed by atoms with Crippen LogP contribution in [0.1, 0.15) is 0 Å². The Kier molecular flexibility index (Phi) is 1.86. The number of hydrogen-bond donors (Lipinski definition) is 2. The van der Waals surface area contributed by atoms with Gasteiger partial charge in [0.25, 0.3) is 0 Å². The summed E-state index contributed by atoms with van der Waals surface area (Å²) in [7, 11) is 0. The highest BCUT2D eigenvalue weighted by atomic mass is 32.1. The predicted molar refractivity (Wildman–Crippen MR) is 42.1 cm³/mol. The van der Waals surface area contributed by atoms with E-state index < -0.39 is 0 Å². The van der Waals surface area contributed by atoms with E-state index in [9.17, 15) is 0 Å². The molecule has 2 saturated heterocycles. The molecule has 0 aliphatic carbocycles. The van der Waals surface area contributed by atoms with Crippen molar-refractivity contribution in [3.05, 3.63) is 0 Å².